The van der Waals surface area contributed by atoms with Crippen LogP contribution in [0.3, 0.4) is 0 Å². The monoisotopic (exact) mass is 684 g/mol. The van der Waals surface area contributed by atoms with Gasteiger partial charge in [-0.05, 0) is 78.8 Å². The Morgan fingerprint density at radius 1 is 1.08 bits per heavy atom. The minimum Gasteiger partial charge on any atom is -0.496 e. The van der Waals surface area contributed by atoms with Crippen LogP contribution in [0.15, 0.2) is 66.7 Å². The van der Waals surface area contributed by atoms with Gasteiger partial charge in [0.2, 0.25) is 5.91 Å². The number of amides is 2. The maximum absolute atomic E-state index is 14.2. The lowest BCUT2D eigenvalue weighted by molar-refractivity contribution is -0.183. The Morgan fingerprint density at radius 3 is 2.44 bits per heavy atom. The minimum atomic E-state index is -0.897. The molecule has 3 saturated carbocycles. The number of carbonyl (C=O) groups excluding carboxylic acids is 2. The smallest absolute Gasteiger partial charge is 0.255 e. The standard InChI is InChI=1S/C40H52N4O6/c1-23-32-19-28(40(32,3)4)20-33(23)42-39(48)36-35(24(2)46)34(22-45)50-44(36)21-25-12-11-15-31(37(25)49-7)26-16-27(18-30(17-26)43(5)6)38(47)41-29-13-9-8-10-14-29/h8-18,23-24,28,32-36,45-46H,19-22H2,1-7H3,(H,41,47)(H,42,48)/t23-,24-,28+,32+,33-,34-,35-,36-/m0/s1. The molecule has 4 fully saturated rings. The minimum absolute atomic E-state index is 0.0408. The summed E-state index contributed by atoms with van der Waals surface area (Å²) in [5.74, 6) is 0.969. The highest BCUT2D eigenvalue weighted by molar-refractivity contribution is 6.05. The van der Waals surface area contributed by atoms with Crippen LogP contribution in [0.25, 0.3) is 11.1 Å². The molecule has 3 aromatic carbocycles. The largest absolute Gasteiger partial charge is 0.496 e. The van der Waals surface area contributed by atoms with Crippen LogP contribution in [0.2, 0.25) is 0 Å². The van der Waals surface area contributed by atoms with E-state index in [4.69, 9.17) is 9.57 Å². The van der Waals surface area contributed by atoms with Gasteiger partial charge in [-0.2, -0.15) is 5.06 Å². The molecule has 8 atom stereocenters. The third kappa shape index (κ3) is 6.74. The first-order valence-corrected chi connectivity index (χ1v) is 17.7. The Hall–Kier alpha value is -3.96. The van der Waals surface area contributed by atoms with Gasteiger partial charge in [0.1, 0.15) is 17.9 Å². The van der Waals surface area contributed by atoms with Crippen LogP contribution in [0.5, 0.6) is 5.75 Å². The molecule has 10 nitrogen and oxygen atoms in total. The van der Waals surface area contributed by atoms with Crippen LogP contribution in [0.1, 0.15) is 56.5 Å². The van der Waals surface area contributed by atoms with Gasteiger partial charge in [-0.1, -0.05) is 57.2 Å². The van der Waals surface area contributed by atoms with E-state index in [1.807, 2.05) is 85.7 Å². The second-order valence-corrected chi connectivity index (χ2v) is 15.2. The molecule has 0 aromatic heterocycles. The third-order valence-corrected chi connectivity index (χ3v) is 11.7. The third-order valence-electron chi connectivity index (χ3n) is 11.7. The highest BCUT2D eigenvalue weighted by Gasteiger charge is 2.57. The van der Waals surface area contributed by atoms with Gasteiger partial charge in [-0.3, -0.25) is 14.4 Å². The summed E-state index contributed by atoms with van der Waals surface area (Å²) in [4.78, 5) is 35.8. The quantitative estimate of drug-likeness (QED) is 0.214. The SMILES string of the molecule is COc1c(CN2O[C@@H](CO)[C@H]([C@H](C)O)[C@H]2C(=O)N[C@H]2C[C@H]3C[C@H]([C@@H]2C)C3(C)C)cccc1-c1cc(C(=O)Nc2ccccc2)cc(N(C)C)c1. The summed E-state index contributed by atoms with van der Waals surface area (Å²) in [5, 5.41) is 29.1. The molecule has 3 aromatic rings. The average molecular weight is 685 g/mol. The van der Waals surface area contributed by atoms with Crippen LogP contribution in [-0.2, 0) is 16.2 Å². The molecule has 1 aliphatic heterocycles. The number of hydrogen-bond acceptors (Lipinski definition) is 8. The normalized spacial score (nSPS) is 27.6. The first-order valence-electron chi connectivity index (χ1n) is 17.7. The summed E-state index contributed by atoms with van der Waals surface area (Å²) in [5.41, 5.74) is 4.63. The van der Waals surface area contributed by atoms with Gasteiger partial charge in [0, 0.05) is 54.1 Å². The number of ether oxygens (including phenoxy) is 1. The number of hydrogen-bond donors (Lipinski definition) is 4. The molecule has 268 valence electrons. The molecule has 0 radical (unpaired) electrons. The predicted octanol–water partition coefficient (Wildman–Crippen LogP) is 5.34. The van der Waals surface area contributed by atoms with Crippen molar-refractivity contribution in [1.29, 1.82) is 0 Å². The summed E-state index contributed by atoms with van der Waals surface area (Å²) < 4.78 is 6.04. The maximum atomic E-state index is 14.2. The van der Waals surface area contributed by atoms with Gasteiger partial charge >= 0.3 is 0 Å². The lowest BCUT2D eigenvalue weighted by Crippen LogP contribution is -2.62. The fourth-order valence-corrected chi connectivity index (χ4v) is 8.71. The van der Waals surface area contributed by atoms with Crippen molar-refractivity contribution in [2.75, 3.05) is 38.0 Å². The summed E-state index contributed by atoms with van der Waals surface area (Å²) in [7, 11) is 5.45. The molecule has 2 amide bonds. The molecule has 10 heteroatoms. The van der Waals surface area contributed by atoms with Crippen LogP contribution in [0.4, 0.5) is 11.4 Å². The molecule has 2 bridgehead atoms. The number of nitrogens with zero attached hydrogens (tertiary/aromatic N) is 2. The molecule has 7 rings (SSSR count). The average Bonchev–Trinajstić information content (AvgIpc) is 3.47. The second-order valence-electron chi connectivity index (χ2n) is 15.2. The zero-order valence-electron chi connectivity index (χ0n) is 30.2. The van der Waals surface area contributed by atoms with Gasteiger partial charge in [0.05, 0.1) is 26.4 Å². The molecular weight excluding hydrogens is 632 g/mol. The molecular formula is C40H52N4O6. The number of benzene rings is 3. The van der Waals surface area contributed by atoms with Crippen molar-refractivity contribution in [2.24, 2.45) is 29.1 Å². The molecule has 3 aliphatic carbocycles. The first-order chi connectivity index (χ1) is 23.8. The van der Waals surface area contributed by atoms with Crippen molar-refractivity contribution < 1.29 is 29.4 Å². The van der Waals surface area contributed by atoms with Gasteiger partial charge in [-0.15, -0.1) is 0 Å². The zero-order valence-corrected chi connectivity index (χ0v) is 30.2. The number of aliphatic hydroxyl groups excluding tert-OH is 2. The van der Waals surface area contributed by atoms with E-state index < -0.39 is 24.2 Å². The number of fused-ring (bicyclic) bond motifs is 2. The number of aliphatic hydroxyl groups is 2. The maximum Gasteiger partial charge on any atom is 0.255 e. The Labute approximate surface area is 295 Å². The lowest BCUT2D eigenvalue weighted by Gasteiger charge is -2.62. The number of nitrogens with one attached hydrogen (secondary N) is 2. The van der Waals surface area contributed by atoms with Crippen molar-refractivity contribution in [3.05, 3.63) is 77.9 Å². The molecule has 0 unspecified atom stereocenters. The Morgan fingerprint density at radius 2 is 1.82 bits per heavy atom. The summed E-state index contributed by atoms with van der Waals surface area (Å²) >= 11 is 0. The summed E-state index contributed by atoms with van der Waals surface area (Å²) in [6, 6.07) is 20.0. The summed E-state index contributed by atoms with van der Waals surface area (Å²) in [6.45, 7) is 8.38. The number of rotatable bonds is 11. The Bertz CT molecular complexity index is 1690. The van der Waals surface area contributed by atoms with Gasteiger partial charge in [-0.25, -0.2) is 0 Å². The fourth-order valence-electron chi connectivity index (χ4n) is 8.71. The van der Waals surface area contributed by atoms with Crippen LogP contribution >= 0.6 is 0 Å². The summed E-state index contributed by atoms with van der Waals surface area (Å²) in [6.07, 6.45) is 0.486. The first kappa shape index (κ1) is 35.9. The van der Waals surface area contributed by atoms with E-state index in [2.05, 4.69) is 31.4 Å². The van der Waals surface area contributed by atoms with E-state index in [0.717, 1.165) is 28.8 Å². The van der Waals surface area contributed by atoms with Crippen molar-refractivity contribution in [1.82, 2.24) is 10.4 Å². The molecule has 1 saturated heterocycles. The molecule has 4 N–H and O–H groups in total. The van der Waals surface area contributed by atoms with Crippen molar-refractivity contribution in [3.8, 4) is 16.9 Å². The highest BCUT2D eigenvalue weighted by Crippen LogP contribution is 2.61. The van der Waals surface area contributed by atoms with Gasteiger partial charge in [0.15, 0.2) is 0 Å². The van der Waals surface area contributed by atoms with E-state index in [1.165, 1.54) is 6.42 Å². The van der Waals surface area contributed by atoms with Crippen molar-refractivity contribution >= 4 is 23.2 Å². The van der Waals surface area contributed by atoms with Gasteiger partial charge in [0.25, 0.3) is 5.91 Å². The predicted molar refractivity (Wildman–Crippen MR) is 195 cm³/mol. The van der Waals surface area contributed by atoms with Crippen LogP contribution < -0.4 is 20.3 Å². The molecule has 4 aliphatic rings. The number of methoxy groups -OCH3 is 1. The fraction of sp³-hybridized carbons (Fsp3) is 0.500. The van der Waals surface area contributed by atoms with E-state index in [0.29, 0.717) is 34.8 Å². The van der Waals surface area contributed by atoms with E-state index in [9.17, 15) is 19.8 Å². The van der Waals surface area contributed by atoms with Crippen LogP contribution in [-0.4, -0.2) is 79.2 Å². The Balaban J connectivity index is 1.30. The number of carbonyl (C=O) groups is 2. The number of para-hydroxylation sites is 2. The molecule has 1 heterocycles. The van der Waals surface area contributed by atoms with Crippen LogP contribution in [0, 0.1) is 29.1 Å². The Kier molecular flexibility index (Phi) is 10.3. The van der Waals surface area contributed by atoms with E-state index >= 15 is 0 Å². The zero-order chi connectivity index (χ0) is 35.9. The number of anilines is 2. The van der Waals surface area contributed by atoms with E-state index in [-0.39, 0.29) is 36.4 Å². The van der Waals surface area contributed by atoms with Gasteiger partial charge < -0.3 is 30.5 Å². The second kappa shape index (κ2) is 14.3. The van der Waals surface area contributed by atoms with Crippen molar-refractivity contribution in [2.45, 2.75) is 71.4 Å². The van der Waals surface area contributed by atoms with Crippen molar-refractivity contribution in [3.63, 3.8) is 0 Å². The highest BCUT2D eigenvalue weighted by atomic mass is 16.7. The molecule has 50 heavy (non-hydrogen) atoms. The molecule has 0 spiro atoms. The topological polar surface area (TPSA) is 124 Å². The lowest BCUT2D eigenvalue weighted by atomic mass is 9.45. The van der Waals surface area contributed by atoms with E-state index in [1.54, 1.807) is 19.1 Å². The number of hydroxylamine groups is 2.